The number of nitrogens with one attached hydrogen (secondary N) is 1. The van der Waals surface area contributed by atoms with Gasteiger partial charge in [0.25, 0.3) is 0 Å². The zero-order valence-corrected chi connectivity index (χ0v) is 22.3. The van der Waals surface area contributed by atoms with Crippen molar-refractivity contribution in [2.24, 2.45) is 7.05 Å². The lowest BCUT2D eigenvalue weighted by atomic mass is 9.95. The van der Waals surface area contributed by atoms with E-state index in [-0.39, 0.29) is 29.6 Å². The van der Waals surface area contributed by atoms with Crippen LogP contribution in [0.15, 0.2) is 29.4 Å². The van der Waals surface area contributed by atoms with Crippen molar-refractivity contribution in [2.45, 2.75) is 63.8 Å². The molecule has 1 atom stereocenters. The summed E-state index contributed by atoms with van der Waals surface area (Å²) in [6.07, 6.45) is 3.16. The highest BCUT2D eigenvalue weighted by Gasteiger charge is 2.28. The van der Waals surface area contributed by atoms with E-state index >= 15 is 0 Å². The molecule has 2 heterocycles. The van der Waals surface area contributed by atoms with Crippen molar-refractivity contribution in [3.05, 3.63) is 51.9 Å². The van der Waals surface area contributed by atoms with E-state index in [1.54, 1.807) is 23.7 Å². The van der Waals surface area contributed by atoms with Crippen molar-refractivity contribution >= 4 is 40.0 Å². The van der Waals surface area contributed by atoms with Gasteiger partial charge in [-0.15, -0.1) is 21.5 Å². The molecule has 0 saturated carbocycles. The van der Waals surface area contributed by atoms with Crippen molar-refractivity contribution < 1.29 is 23.5 Å². The average molecular weight is 533 g/mol. The topological polar surface area (TPSA) is 95.3 Å². The number of anilines is 1. The van der Waals surface area contributed by atoms with Gasteiger partial charge in [0.2, 0.25) is 5.91 Å². The maximum absolute atomic E-state index is 13.1. The zero-order chi connectivity index (χ0) is 25.8. The Morgan fingerprint density at radius 3 is 2.61 bits per heavy atom. The first-order valence-electron chi connectivity index (χ1n) is 11.8. The fourth-order valence-electron chi connectivity index (χ4n) is 4.01. The van der Waals surface area contributed by atoms with Crippen molar-refractivity contribution in [2.75, 3.05) is 11.1 Å². The summed E-state index contributed by atoms with van der Waals surface area (Å²) in [6, 6.07) is 5.76. The molecule has 36 heavy (non-hydrogen) atoms. The Bertz CT molecular complexity index is 1240. The molecule has 8 nitrogen and oxygen atoms in total. The van der Waals surface area contributed by atoms with Crippen LogP contribution in [0.25, 0.3) is 0 Å². The van der Waals surface area contributed by atoms with Crippen LogP contribution in [0.2, 0.25) is 0 Å². The Balaban J connectivity index is 1.40. The van der Waals surface area contributed by atoms with Crippen LogP contribution in [0, 0.1) is 5.82 Å². The maximum Gasteiger partial charge on any atom is 0.341 e. The number of amides is 1. The number of carbonyl (C=O) groups is 2. The minimum absolute atomic E-state index is 0.0976. The second-order valence-corrected chi connectivity index (χ2v) is 10.9. The monoisotopic (exact) mass is 532 g/mol. The molecular formula is C25H29FN4O4S2. The molecule has 0 fully saturated rings. The molecule has 0 aliphatic heterocycles. The first-order valence-corrected chi connectivity index (χ1v) is 13.6. The summed E-state index contributed by atoms with van der Waals surface area (Å²) in [7, 11) is 1.80. The number of hydrogen-bond acceptors (Lipinski definition) is 8. The van der Waals surface area contributed by atoms with E-state index < -0.39 is 6.10 Å². The van der Waals surface area contributed by atoms with Gasteiger partial charge in [0.15, 0.2) is 17.1 Å². The Labute approximate surface area is 217 Å². The van der Waals surface area contributed by atoms with Gasteiger partial charge in [-0.1, -0.05) is 11.8 Å². The molecular weight excluding hydrogens is 503 g/mol. The van der Waals surface area contributed by atoms with Crippen molar-refractivity contribution in [3.63, 3.8) is 0 Å². The summed E-state index contributed by atoms with van der Waals surface area (Å²) in [4.78, 5) is 26.8. The van der Waals surface area contributed by atoms with Crippen LogP contribution >= 0.6 is 23.1 Å². The quantitative estimate of drug-likeness (QED) is 0.294. The molecule has 0 radical (unpaired) electrons. The molecule has 0 saturated heterocycles. The first-order chi connectivity index (χ1) is 17.2. The second-order valence-electron chi connectivity index (χ2n) is 8.82. The molecule has 1 N–H and O–H groups in total. The number of thioether (sulfide) groups is 1. The lowest BCUT2D eigenvalue weighted by Gasteiger charge is -2.14. The zero-order valence-electron chi connectivity index (χ0n) is 20.7. The standard InChI is InChI=1S/C25H29FN4O4S2/c1-14(2)33-24(32)21-18-7-5-6-8-19(18)36-23(21)27-20(31)13-35-25-29-28-22(30(25)4)15(3)34-17-11-9-16(26)10-12-17/h9-12,14-15H,5-8,13H2,1-4H3,(H,27,31). The van der Waals surface area contributed by atoms with E-state index in [0.29, 0.717) is 27.3 Å². The molecule has 1 unspecified atom stereocenters. The number of esters is 1. The molecule has 0 spiro atoms. The van der Waals surface area contributed by atoms with E-state index in [1.807, 2.05) is 20.8 Å². The molecule has 192 valence electrons. The Hall–Kier alpha value is -2.92. The number of halogens is 1. The second kappa shape index (κ2) is 11.4. The summed E-state index contributed by atoms with van der Waals surface area (Å²) < 4.78 is 26.2. The minimum atomic E-state index is -0.428. The predicted octanol–water partition coefficient (Wildman–Crippen LogP) is 5.33. The largest absolute Gasteiger partial charge is 0.483 e. The van der Waals surface area contributed by atoms with Gasteiger partial charge in [-0.05, 0) is 76.3 Å². The SMILES string of the molecule is CC(C)OC(=O)c1c(NC(=O)CSc2nnc(C(C)Oc3ccc(F)cc3)n2C)sc2c1CCCC2. The first kappa shape index (κ1) is 26.2. The molecule has 4 rings (SSSR count). The van der Waals surface area contributed by atoms with Gasteiger partial charge in [-0.25, -0.2) is 9.18 Å². The Kier molecular flexibility index (Phi) is 8.30. The van der Waals surface area contributed by atoms with Crippen LogP contribution in [0.4, 0.5) is 9.39 Å². The molecule has 1 aliphatic carbocycles. The summed E-state index contributed by atoms with van der Waals surface area (Å²) in [5, 5.41) is 12.4. The Morgan fingerprint density at radius 2 is 1.89 bits per heavy atom. The predicted molar refractivity (Wildman–Crippen MR) is 137 cm³/mol. The van der Waals surface area contributed by atoms with Crippen LogP contribution in [0.3, 0.4) is 0 Å². The normalized spacial score (nSPS) is 13.8. The number of aryl methyl sites for hydroxylation is 1. The van der Waals surface area contributed by atoms with Crippen LogP contribution in [0.5, 0.6) is 5.75 Å². The summed E-state index contributed by atoms with van der Waals surface area (Å²) in [5.74, 6) is 0.230. The van der Waals surface area contributed by atoms with Crippen LogP contribution < -0.4 is 10.1 Å². The minimum Gasteiger partial charge on any atom is -0.483 e. The number of fused-ring (bicyclic) bond motifs is 1. The number of carbonyl (C=O) groups excluding carboxylic acids is 2. The third kappa shape index (κ3) is 6.07. The smallest absolute Gasteiger partial charge is 0.341 e. The van der Waals surface area contributed by atoms with E-state index in [0.717, 1.165) is 36.1 Å². The highest BCUT2D eigenvalue weighted by atomic mass is 32.2. The number of nitrogens with zero attached hydrogens (tertiary/aromatic N) is 3. The van der Waals surface area contributed by atoms with Gasteiger partial charge in [0.05, 0.1) is 17.4 Å². The number of aromatic nitrogens is 3. The highest BCUT2D eigenvalue weighted by molar-refractivity contribution is 7.99. The number of rotatable bonds is 9. The number of hydrogen-bond donors (Lipinski definition) is 1. The van der Waals surface area contributed by atoms with E-state index in [2.05, 4.69) is 15.5 Å². The van der Waals surface area contributed by atoms with Gasteiger partial charge < -0.3 is 19.4 Å². The number of ether oxygens (including phenoxy) is 2. The van der Waals surface area contributed by atoms with Crippen LogP contribution in [-0.2, 0) is 29.4 Å². The summed E-state index contributed by atoms with van der Waals surface area (Å²) >= 11 is 2.71. The molecule has 1 aromatic carbocycles. The fraction of sp³-hybridized carbons (Fsp3) is 0.440. The summed E-state index contributed by atoms with van der Waals surface area (Å²) in [5.41, 5.74) is 1.50. The fourth-order valence-corrected chi connectivity index (χ4v) is 6.02. The van der Waals surface area contributed by atoms with E-state index in [4.69, 9.17) is 9.47 Å². The molecule has 2 aromatic heterocycles. The van der Waals surface area contributed by atoms with E-state index in [9.17, 15) is 14.0 Å². The lowest BCUT2D eigenvalue weighted by Crippen LogP contribution is -2.19. The lowest BCUT2D eigenvalue weighted by molar-refractivity contribution is -0.113. The molecule has 3 aromatic rings. The molecule has 1 aliphatic rings. The van der Waals surface area contributed by atoms with Gasteiger partial charge in [-0.2, -0.15) is 0 Å². The maximum atomic E-state index is 13.1. The molecule has 1 amide bonds. The Morgan fingerprint density at radius 1 is 1.17 bits per heavy atom. The third-order valence-corrected chi connectivity index (χ3v) is 7.89. The van der Waals surface area contributed by atoms with Gasteiger partial charge in [-0.3, -0.25) is 4.79 Å². The van der Waals surface area contributed by atoms with Crippen molar-refractivity contribution in [1.82, 2.24) is 14.8 Å². The van der Waals surface area contributed by atoms with Gasteiger partial charge in [0.1, 0.15) is 16.6 Å². The summed E-state index contributed by atoms with van der Waals surface area (Å²) in [6.45, 7) is 5.45. The number of thiophene rings is 1. The van der Waals surface area contributed by atoms with E-state index in [1.165, 1.54) is 35.2 Å². The van der Waals surface area contributed by atoms with Crippen molar-refractivity contribution in [3.8, 4) is 5.75 Å². The van der Waals surface area contributed by atoms with Gasteiger partial charge in [0, 0.05) is 11.9 Å². The average Bonchev–Trinajstić information content (AvgIpc) is 3.38. The van der Waals surface area contributed by atoms with Crippen molar-refractivity contribution in [1.29, 1.82) is 0 Å². The molecule has 11 heteroatoms. The highest BCUT2D eigenvalue weighted by Crippen LogP contribution is 2.39. The van der Waals surface area contributed by atoms with Gasteiger partial charge >= 0.3 is 5.97 Å². The van der Waals surface area contributed by atoms with Crippen LogP contribution in [-0.4, -0.2) is 38.5 Å². The third-order valence-electron chi connectivity index (χ3n) is 5.66. The van der Waals surface area contributed by atoms with Crippen LogP contribution in [0.1, 0.15) is 66.3 Å². The molecule has 0 bridgehead atoms. The number of benzene rings is 1.